The van der Waals surface area contributed by atoms with Crippen LogP contribution in [0.5, 0.6) is 0 Å². The van der Waals surface area contributed by atoms with Gasteiger partial charge < -0.3 is 5.32 Å². The molecule has 10 aromatic rings. The molecule has 55 heavy (non-hydrogen) atoms. The highest BCUT2D eigenvalue weighted by Crippen LogP contribution is 2.43. The van der Waals surface area contributed by atoms with Crippen LogP contribution >= 0.6 is 11.3 Å². The molecule has 1 aromatic heterocycles. The van der Waals surface area contributed by atoms with E-state index in [-0.39, 0.29) is 6.17 Å². The second-order valence-electron chi connectivity index (χ2n) is 14.3. The minimum Gasteiger partial charge on any atom is -0.360 e. The van der Waals surface area contributed by atoms with Crippen molar-refractivity contribution in [3.63, 3.8) is 0 Å². The average molecular weight is 719 g/mol. The van der Waals surface area contributed by atoms with E-state index in [4.69, 9.17) is 4.99 Å². The smallest absolute Gasteiger partial charge is 0.145 e. The van der Waals surface area contributed by atoms with Crippen LogP contribution in [0, 0.1) is 0 Å². The van der Waals surface area contributed by atoms with Crippen LogP contribution in [0.25, 0.3) is 80.4 Å². The van der Waals surface area contributed by atoms with Gasteiger partial charge in [0.25, 0.3) is 0 Å². The lowest BCUT2D eigenvalue weighted by atomic mass is 9.91. The fourth-order valence-corrected chi connectivity index (χ4v) is 9.54. The van der Waals surface area contributed by atoms with Crippen LogP contribution in [-0.2, 0) is 0 Å². The maximum absolute atomic E-state index is 5.20. The lowest BCUT2D eigenvalue weighted by Gasteiger charge is -2.25. The van der Waals surface area contributed by atoms with E-state index in [0.717, 1.165) is 28.1 Å². The summed E-state index contributed by atoms with van der Waals surface area (Å²) < 4.78 is 2.60. The van der Waals surface area contributed by atoms with Crippen LogP contribution in [0.4, 0.5) is 0 Å². The molecule has 1 N–H and O–H groups in total. The van der Waals surface area contributed by atoms with Crippen LogP contribution in [0.2, 0.25) is 0 Å². The molecular weight excluding hydrogens is 685 g/mol. The van der Waals surface area contributed by atoms with Gasteiger partial charge in [-0.05, 0) is 102 Å². The summed E-state index contributed by atoms with van der Waals surface area (Å²) in [4.78, 5) is 5.20. The van der Waals surface area contributed by atoms with Crippen molar-refractivity contribution >= 4 is 75.2 Å². The molecular formula is C52H34N2S. The standard InChI is InChI=1S/C52H34N2S/c1-3-12-34(13-4-1)47-32-48(54-52(53-47)36-14-5-2-6-15-36)35-24-22-33(23-25-35)39-20-11-21-50-51(39)46-31-38(27-29-49(46)55-50)37-26-28-44-42-18-8-7-16-40(42)41-17-9-10-19-43(41)45(44)30-37/h1-32,52-53H. The molecule has 0 spiro atoms. The lowest BCUT2D eigenvalue weighted by molar-refractivity contribution is 0.664. The molecule has 1 atom stereocenters. The third-order valence-corrected chi connectivity index (χ3v) is 12.2. The van der Waals surface area contributed by atoms with Crippen molar-refractivity contribution in [1.29, 1.82) is 0 Å². The number of nitrogens with one attached hydrogen (secondary N) is 1. The molecule has 0 radical (unpaired) electrons. The van der Waals surface area contributed by atoms with Crippen molar-refractivity contribution in [3.8, 4) is 22.3 Å². The molecule has 258 valence electrons. The van der Waals surface area contributed by atoms with E-state index in [0.29, 0.717) is 0 Å². The van der Waals surface area contributed by atoms with Crippen molar-refractivity contribution in [2.75, 3.05) is 0 Å². The topological polar surface area (TPSA) is 24.4 Å². The maximum Gasteiger partial charge on any atom is 0.145 e. The third kappa shape index (κ3) is 5.43. The number of rotatable bonds is 5. The number of fused-ring (bicyclic) bond motifs is 9. The molecule has 1 aliphatic heterocycles. The van der Waals surface area contributed by atoms with Gasteiger partial charge >= 0.3 is 0 Å². The third-order valence-electron chi connectivity index (χ3n) is 11.1. The van der Waals surface area contributed by atoms with Gasteiger partial charge in [-0.1, -0.05) is 164 Å². The molecule has 2 nitrogen and oxygen atoms in total. The normalized spacial score (nSPS) is 14.4. The summed E-state index contributed by atoms with van der Waals surface area (Å²) >= 11 is 1.87. The molecule has 0 saturated heterocycles. The Morgan fingerprint density at radius 2 is 0.964 bits per heavy atom. The second kappa shape index (κ2) is 12.9. The largest absolute Gasteiger partial charge is 0.360 e. The Balaban J connectivity index is 1.00. The number of aliphatic imine (C=N–C) groups is 1. The molecule has 0 aliphatic carbocycles. The maximum atomic E-state index is 5.20. The van der Waals surface area contributed by atoms with E-state index in [2.05, 4.69) is 193 Å². The molecule has 9 aromatic carbocycles. The van der Waals surface area contributed by atoms with Crippen molar-refractivity contribution < 1.29 is 0 Å². The van der Waals surface area contributed by atoms with Crippen molar-refractivity contribution in [3.05, 3.63) is 211 Å². The summed E-state index contributed by atoms with van der Waals surface area (Å²) in [7, 11) is 0. The van der Waals surface area contributed by atoms with Crippen molar-refractivity contribution in [2.45, 2.75) is 6.17 Å². The van der Waals surface area contributed by atoms with Crippen LogP contribution in [0.15, 0.2) is 199 Å². The van der Waals surface area contributed by atoms with Gasteiger partial charge in [0, 0.05) is 25.9 Å². The zero-order valence-electron chi connectivity index (χ0n) is 29.9. The summed E-state index contributed by atoms with van der Waals surface area (Å²) in [5.74, 6) is 0. The minimum absolute atomic E-state index is 0.170. The molecule has 2 heterocycles. The highest BCUT2D eigenvalue weighted by molar-refractivity contribution is 7.26. The zero-order chi connectivity index (χ0) is 36.3. The van der Waals surface area contributed by atoms with Gasteiger partial charge in [-0.2, -0.15) is 0 Å². The second-order valence-corrected chi connectivity index (χ2v) is 15.4. The first-order chi connectivity index (χ1) is 27.2. The minimum atomic E-state index is -0.170. The van der Waals surface area contributed by atoms with E-state index in [1.807, 2.05) is 17.4 Å². The quantitative estimate of drug-likeness (QED) is 0.176. The summed E-state index contributed by atoms with van der Waals surface area (Å²) in [5, 5.41) is 14.1. The molecule has 0 saturated carbocycles. The first-order valence-corrected chi connectivity index (χ1v) is 19.6. The van der Waals surface area contributed by atoms with Crippen molar-refractivity contribution in [1.82, 2.24) is 5.32 Å². The SMILES string of the molecule is C1=C(c2ccccc2)NC(c2ccccc2)N=C1c1ccc(-c2cccc3sc4ccc(-c5ccc6c7ccccc7c7ccccc7c6c5)cc4c23)cc1. The van der Waals surface area contributed by atoms with Crippen LogP contribution < -0.4 is 5.32 Å². The summed E-state index contributed by atoms with van der Waals surface area (Å²) in [6, 6.07) is 68.3. The summed E-state index contributed by atoms with van der Waals surface area (Å²) in [6.07, 6.45) is 2.01. The van der Waals surface area contributed by atoms with Gasteiger partial charge in [0.05, 0.1) is 5.71 Å². The van der Waals surface area contributed by atoms with Gasteiger partial charge in [-0.3, -0.25) is 4.99 Å². The highest BCUT2D eigenvalue weighted by atomic mass is 32.1. The number of hydrogen-bond donors (Lipinski definition) is 1. The number of hydrogen-bond acceptors (Lipinski definition) is 3. The number of nitrogens with zero attached hydrogens (tertiary/aromatic N) is 1. The van der Waals surface area contributed by atoms with Gasteiger partial charge in [-0.25, -0.2) is 0 Å². The Labute approximate surface area is 323 Å². The zero-order valence-corrected chi connectivity index (χ0v) is 30.7. The van der Waals surface area contributed by atoms with Crippen LogP contribution in [-0.4, -0.2) is 5.71 Å². The molecule has 0 amide bonds. The Kier molecular flexibility index (Phi) is 7.46. The first-order valence-electron chi connectivity index (χ1n) is 18.8. The van der Waals surface area contributed by atoms with E-state index in [1.54, 1.807) is 0 Å². The Bertz CT molecular complexity index is 3120. The Morgan fingerprint density at radius 1 is 0.400 bits per heavy atom. The Morgan fingerprint density at radius 3 is 1.67 bits per heavy atom. The van der Waals surface area contributed by atoms with E-state index in [9.17, 15) is 0 Å². The lowest BCUT2D eigenvalue weighted by Crippen LogP contribution is -2.24. The first kappa shape index (κ1) is 31.7. The van der Waals surface area contributed by atoms with Gasteiger partial charge in [0.15, 0.2) is 0 Å². The van der Waals surface area contributed by atoms with E-state index >= 15 is 0 Å². The predicted molar refractivity (Wildman–Crippen MR) is 236 cm³/mol. The summed E-state index contributed by atoms with van der Waals surface area (Å²) in [6.45, 7) is 0. The average Bonchev–Trinajstić information content (AvgIpc) is 3.65. The fraction of sp³-hybridized carbons (Fsp3) is 0.0192. The van der Waals surface area contributed by atoms with Crippen molar-refractivity contribution in [2.24, 2.45) is 4.99 Å². The highest BCUT2D eigenvalue weighted by Gasteiger charge is 2.20. The molecule has 1 unspecified atom stereocenters. The molecule has 11 rings (SSSR count). The van der Waals surface area contributed by atoms with Crippen LogP contribution in [0.1, 0.15) is 22.9 Å². The van der Waals surface area contributed by atoms with Gasteiger partial charge in [0.2, 0.25) is 0 Å². The van der Waals surface area contributed by atoms with Gasteiger partial charge in [-0.15, -0.1) is 11.3 Å². The summed E-state index contributed by atoms with van der Waals surface area (Å²) in [5.41, 5.74) is 10.3. The van der Waals surface area contributed by atoms with E-state index in [1.165, 1.54) is 74.7 Å². The Hall–Kier alpha value is -6.81. The fourth-order valence-electron chi connectivity index (χ4n) is 8.42. The number of thiophene rings is 1. The molecule has 0 bridgehead atoms. The molecule has 0 fully saturated rings. The molecule has 3 heteroatoms. The number of benzene rings is 9. The monoisotopic (exact) mass is 718 g/mol. The van der Waals surface area contributed by atoms with Crippen LogP contribution in [0.3, 0.4) is 0 Å². The predicted octanol–water partition coefficient (Wildman–Crippen LogP) is 14.0. The number of allylic oxidation sites excluding steroid dienone is 1. The molecule has 1 aliphatic rings. The van der Waals surface area contributed by atoms with E-state index < -0.39 is 0 Å². The van der Waals surface area contributed by atoms with Gasteiger partial charge in [0.1, 0.15) is 6.17 Å².